The number of rotatable bonds is 5. The zero-order chi connectivity index (χ0) is 20.2. The first-order valence-corrected chi connectivity index (χ1v) is 11.6. The molecular formula is C21H32N6OS. The molecule has 2 aromatic heterocycles. The summed E-state index contributed by atoms with van der Waals surface area (Å²) in [5.41, 5.74) is 1.01. The Bertz CT molecular complexity index is 837. The summed E-state index contributed by atoms with van der Waals surface area (Å²) in [5.74, 6) is 0.991. The Kier molecular flexibility index (Phi) is 6.62. The third-order valence-electron chi connectivity index (χ3n) is 6.13. The van der Waals surface area contributed by atoms with Crippen LogP contribution in [0.25, 0.3) is 10.2 Å². The molecule has 0 atom stereocenters. The van der Waals surface area contributed by atoms with Gasteiger partial charge in [0.2, 0.25) is 0 Å². The molecule has 2 fully saturated rings. The van der Waals surface area contributed by atoms with Crippen LogP contribution in [-0.4, -0.2) is 85.1 Å². The van der Waals surface area contributed by atoms with Gasteiger partial charge < -0.3 is 20.0 Å². The molecule has 1 amide bonds. The van der Waals surface area contributed by atoms with Gasteiger partial charge in [0.15, 0.2) is 0 Å². The Morgan fingerprint density at radius 1 is 1.07 bits per heavy atom. The fourth-order valence-corrected chi connectivity index (χ4v) is 5.35. The quantitative estimate of drug-likeness (QED) is 0.807. The lowest BCUT2D eigenvalue weighted by Crippen LogP contribution is -2.44. The second-order valence-corrected chi connectivity index (χ2v) is 9.23. The number of carbonyl (C=O) groups is 1. The second kappa shape index (κ2) is 9.36. The number of nitrogens with zero attached hydrogens (tertiary/aromatic N) is 5. The summed E-state index contributed by atoms with van der Waals surface area (Å²) >= 11 is 1.49. The molecule has 2 saturated heterocycles. The molecule has 0 aliphatic carbocycles. The number of hydrogen-bond acceptors (Lipinski definition) is 7. The number of likely N-dealkylation sites (N-methyl/N-ethyl adjacent to an activating group) is 1. The van der Waals surface area contributed by atoms with Crippen LogP contribution in [0.2, 0.25) is 0 Å². The lowest BCUT2D eigenvalue weighted by molar-refractivity contribution is 0.0952. The molecule has 7 nitrogen and oxygen atoms in total. The molecule has 0 unspecified atom stereocenters. The maximum absolute atomic E-state index is 12.9. The number of fused-ring (bicyclic) bond motifs is 1. The minimum atomic E-state index is 0.0182. The van der Waals surface area contributed by atoms with Crippen molar-refractivity contribution in [3.05, 3.63) is 16.8 Å². The Hall–Kier alpha value is -1.77. The number of anilines is 1. The molecule has 4 heterocycles. The van der Waals surface area contributed by atoms with E-state index in [0.717, 1.165) is 72.3 Å². The zero-order valence-corrected chi connectivity index (χ0v) is 18.4. The van der Waals surface area contributed by atoms with E-state index in [4.69, 9.17) is 0 Å². The first kappa shape index (κ1) is 20.5. The highest BCUT2D eigenvalue weighted by Gasteiger charge is 2.23. The number of amides is 1. The summed E-state index contributed by atoms with van der Waals surface area (Å²) in [6.07, 6.45) is 6.85. The van der Waals surface area contributed by atoms with Gasteiger partial charge in [-0.05, 0) is 45.5 Å². The number of thiophene rings is 1. The molecule has 2 aliphatic rings. The first-order chi connectivity index (χ1) is 14.1. The molecule has 8 heteroatoms. The number of carbonyl (C=O) groups excluding carboxylic acids is 1. The van der Waals surface area contributed by atoms with Crippen LogP contribution in [0.15, 0.2) is 6.33 Å². The van der Waals surface area contributed by atoms with E-state index < -0.39 is 0 Å². The molecule has 0 bridgehead atoms. The van der Waals surface area contributed by atoms with Crippen LogP contribution in [0.1, 0.15) is 40.9 Å². The van der Waals surface area contributed by atoms with E-state index in [2.05, 4.69) is 37.0 Å². The standard InChI is InChI=1S/C21H32N6OS/c1-16-17-19(27-13-11-25(2)12-14-27)23-15-24-21(17)29-18(16)20(28)22-7-10-26-8-5-3-4-6-9-26/h15H,3-14H2,1-2H3,(H,22,28). The number of aromatic nitrogens is 2. The van der Waals surface area contributed by atoms with Gasteiger partial charge in [0.05, 0.1) is 10.3 Å². The zero-order valence-electron chi connectivity index (χ0n) is 17.6. The van der Waals surface area contributed by atoms with Crippen LogP contribution in [0.5, 0.6) is 0 Å². The van der Waals surface area contributed by atoms with E-state index in [1.807, 2.05) is 6.92 Å². The number of hydrogen-bond donors (Lipinski definition) is 1. The Morgan fingerprint density at radius 2 is 1.79 bits per heavy atom. The first-order valence-electron chi connectivity index (χ1n) is 10.8. The molecule has 2 aromatic rings. The minimum absolute atomic E-state index is 0.0182. The summed E-state index contributed by atoms with van der Waals surface area (Å²) < 4.78 is 0. The highest BCUT2D eigenvalue weighted by molar-refractivity contribution is 7.20. The van der Waals surface area contributed by atoms with Gasteiger partial charge in [-0.15, -0.1) is 11.3 Å². The van der Waals surface area contributed by atoms with Gasteiger partial charge in [0.25, 0.3) is 5.91 Å². The fourth-order valence-electron chi connectivity index (χ4n) is 4.30. The van der Waals surface area contributed by atoms with E-state index in [1.165, 1.54) is 37.0 Å². The smallest absolute Gasteiger partial charge is 0.261 e. The minimum Gasteiger partial charge on any atom is -0.353 e. The average Bonchev–Trinajstić information content (AvgIpc) is 2.90. The van der Waals surface area contributed by atoms with Gasteiger partial charge in [-0.25, -0.2) is 9.97 Å². The van der Waals surface area contributed by atoms with E-state index in [-0.39, 0.29) is 5.91 Å². The lowest BCUT2D eigenvalue weighted by atomic mass is 10.1. The van der Waals surface area contributed by atoms with Crippen molar-refractivity contribution in [2.75, 3.05) is 64.3 Å². The molecule has 0 saturated carbocycles. The van der Waals surface area contributed by atoms with Crippen LogP contribution in [0.4, 0.5) is 5.82 Å². The maximum atomic E-state index is 12.9. The average molecular weight is 417 g/mol. The summed E-state index contributed by atoms with van der Waals surface area (Å²) in [6, 6.07) is 0. The normalized spacial score (nSPS) is 19.4. The summed E-state index contributed by atoms with van der Waals surface area (Å²) in [7, 11) is 2.15. The lowest BCUT2D eigenvalue weighted by Gasteiger charge is -2.33. The van der Waals surface area contributed by atoms with Crippen molar-refractivity contribution in [2.24, 2.45) is 0 Å². The van der Waals surface area contributed by atoms with Gasteiger partial charge in [-0.2, -0.15) is 0 Å². The summed E-state index contributed by atoms with van der Waals surface area (Å²) in [6.45, 7) is 9.93. The molecule has 4 rings (SSSR count). The van der Waals surface area contributed by atoms with Gasteiger partial charge in [0.1, 0.15) is 17.0 Å². The molecule has 0 radical (unpaired) electrons. The third-order valence-corrected chi connectivity index (χ3v) is 7.33. The van der Waals surface area contributed by atoms with Crippen LogP contribution in [0.3, 0.4) is 0 Å². The third kappa shape index (κ3) is 4.70. The van der Waals surface area contributed by atoms with Crippen molar-refractivity contribution >= 4 is 33.3 Å². The predicted octanol–water partition coefficient (Wildman–Crippen LogP) is 2.36. The second-order valence-electron chi connectivity index (χ2n) is 8.24. The monoisotopic (exact) mass is 416 g/mol. The van der Waals surface area contributed by atoms with Gasteiger partial charge in [-0.3, -0.25) is 4.79 Å². The molecule has 2 aliphatic heterocycles. The van der Waals surface area contributed by atoms with Crippen molar-refractivity contribution in [2.45, 2.75) is 32.6 Å². The van der Waals surface area contributed by atoms with Crippen molar-refractivity contribution in [3.8, 4) is 0 Å². The van der Waals surface area contributed by atoms with E-state index in [0.29, 0.717) is 6.54 Å². The molecule has 0 spiro atoms. The van der Waals surface area contributed by atoms with Crippen molar-refractivity contribution in [1.29, 1.82) is 0 Å². The highest BCUT2D eigenvalue weighted by Crippen LogP contribution is 2.35. The highest BCUT2D eigenvalue weighted by atomic mass is 32.1. The molecule has 1 N–H and O–H groups in total. The maximum Gasteiger partial charge on any atom is 0.261 e. The molecule has 158 valence electrons. The predicted molar refractivity (Wildman–Crippen MR) is 119 cm³/mol. The van der Waals surface area contributed by atoms with Crippen molar-refractivity contribution in [1.82, 2.24) is 25.1 Å². The number of aryl methyl sites for hydroxylation is 1. The Morgan fingerprint density at radius 3 is 2.52 bits per heavy atom. The molecule has 0 aromatic carbocycles. The van der Waals surface area contributed by atoms with Crippen molar-refractivity contribution < 1.29 is 4.79 Å². The van der Waals surface area contributed by atoms with Crippen LogP contribution in [0, 0.1) is 6.92 Å². The number of piperazine rings is 1. The van der Waals surface area contributed by atoms with E-state index >= 15 is 0 Å². The fraction of sp³-hybridized carbons (Fsp3) is 0.667. The van der Waals surface area contributed by atoms with Crippen molar-refractivity contribution in [3.63, 3.8) is 0 Å². The summed E-state index contributed by atoms with van der Waals surface area (Å²) in [5, 5.41) is 4.18. The Labute approximate surface area is 177 Å². The van der Waals surface area contributed by atoms with Gasteiger partial charge in [0, 0.05) is 39.3 Å². The van der Waals surface area contributed by atoms with Gasteiger partial charge in [-0.1, -0.05) is 12.8 Å². The largest absolute Gasteiger partial charge is 0.353 e. The van der Waals surface area contributed by atoms with Gasteiger partial charge >= 0.3 is 0 Å². The van der Waals surface area contributed by atoms with E-state index in [1.54, 1.807) is 6.33 Å². The molecular weight excluding hydrogens is 384 g/mol. The SMILES string of the molecule is Cc1c(C(=O)NCCN2CCCCCC2)sc2ncnc(N3CCN(C)CC3)c12. The van der Waals surface area contributed by atoms with Crippen LogP contribution < -0.4 is 10.2 Å². The van der Waals surface area contributed by atoms with Crippen LogP contribution in [-0.2, 0) is 0 Å². The number of likely N-dealkylation sites (tertiary alicyclic amines) is 1. The Balaban J connectivity index is 1.45. The topological polar surface area (TPSA) is 64.6 Å². The summed E-state index contributed by atoms with van der Waals surface area (Å²) in [4.78, 5) is 30.7. The number of nitrogens with one attached hydrogen (secondary N) is 1. The molecule has 29 heavy (non-hydrogen) atoms. The van der Waals surface area contributed by atoms with Crippen LogP contribution >= 0.6 is 11.3 Å². The van der Waals surface area contributed by atoms with E-state index in [9.17, 15) is 4.79 Å².